The summed E-state index contributed by atoms with van der Waals surface area (Å²) in [6.45, 7) is 2.11. The fraction of sp³-hybridized carbons (Fsp3) is 0.100. The third-order valence-electron chi connectivity index (χ3n) is 3.60. The molecule has 23 heavy (non-hydrogen) atoms. The van der Waals surface area contributed by atoms with Crippen molar-refractivity contribution in [3.63, 3.8) is 0 Å². The number of ether oxygens (including phenoxy) is 1. The van der Waals surface area contributed by atoms with E-state index in [-0.39, 0.29) is 10.9 Å². The predicted octanol–water partition coefficient (Wildman–Crippen LogP) is 5.75. The van der Waals surface area contributed by atoms with Gasteiger partial charge in [-0.25, -0.2) is 0 Å². The summed E-state index contributed by atoms with van der Waals surface area (Å²) in [6, 6.07) is 25.2. The first kappa shape index (κ1) is 16.0. The number of methoxy groups -OCH3 is 1. The van der Waals surface area contributed by atoms with Crippen LogP contribution in [0.4, 0.5) is 0 Å². The van der Waals surface area contributed by atoms with E-state index >= 15 is 0 Å². The molecule has 116 valence electrons. The van der Waals surface area contributed by atoms with Crippen molar-refractivity contribution in [3.8, 4) is 5.75 Å². The molecule has 0 radical (unpaired) electrons. The van der Waals surface area contributed by atoms with E-state index in [4.69, 9.17) is 16.3 Å². The van der Waals surface area contributed by atoms with Gasteiger partial charge in [0.05, 0.1) is 18.0 Å². The van der Waals surface area contributed by atoms with E-state index in [1.165, 1.54) is 20.2 Å². The van der Waals surface area contributed by atoms with Crippen molar-refractivity contribution in [2.75, 3.05) is 7.11 Å². The van der Waals surface area contributed by atoms with Crippen LogP contribution in [0.25, 0.3) is 0 Å². The standard InChI is InChI=1S/C20H18ClOS/c1-15-3-9-18(10-4-15)23(19-11-5-16(21)6-12-19)20-13-7-17(22-2)8-14-20/h3-14H,1-2H3/q+1. The molecule has 0 fully saturated rings. The van der Waals surface area contributed by atoms with Gasteiger partial charge in [-0.15, -0.1) is 0 Å². The Hall–Kier alpha value is -1.90. The maximum absolute atomic E-state index is 6.06. The Labute approximate surface area is 145 Å². The van der Waals surface area contributed by atoms with Crippen molar-refractivity contribution in [1.82, 2.24) is 0 Å². The minimum Gasteiger partial charge on any atom is -0.497 e. The molecule has 0 aromatic heterocycles. The lowest BCUT2D eigenvalue weighted by Crippen LogP contribution is -2.04. The molecule has 1 atom stereocenters. The van der Waals surface area contributed by atoms with E-state index in [9.17, 15) is 0 Å². The van der Waals surface area contributed by atoms with Crippen LogP contribution in [0.15, 0.2) is 87.5 Å². The van der Waals surface area contributed by atoms with E-state index in [0.717, 1.165) is 10.8 Å². The van der Waals surface area contributed by atoms with E-state index in [0.29, 0.717) is 0 Å². The Morgan fingerprint density at radius 2 is 1.13 bits per heavy atom. The highest BCUT2D eigenvalue weighted by Crippen LogP contribution is 2.32. The minimum absolute atomic E-state index is 0.156. The van der Waals surface area contributed by atoms with Gasteiger partial charge in [-0.3, -0.25) is 0 Å². The van der Waals surface area contributed by atoms with Gasteiger partial charge in [0.15, 0.2) is 14.7 Å². The second kappa shape index (κ2) is 7.12. The lowest BCUT2D eigenvalue weighted by molar-refractivity contribution is 0.414. The molecule has 3 aromatic carbocycles. The molecule has 0 saturated heterocycles. The summed E-state index contributed by atoms with van der Waals surface area (Å²) in [4.78, 5) is 3.81. The Morgan fingerprint density at radius 3 is 1.61 bits per heavy atom. The molecule has 3 aromatic rings. The molecular formula is C20H18ClOS+. The highest BCUT2D eigenvalue weighted by Gasteiger charge is 2.28. The third kappa shape index (κ3) is 3.72. The van der Waals surface area contributed by atoms with Crippen LogP contribution in [0, 0.1) is 6.92 Å². The summed E-state index contributed by atoms with van der Waals surface area (Å²) < 4.78 is 5.28. The van der Waals surface area contributed by atoms with Gasteiger partial charge in [0.2, 0.25) is 0 Å². The number of hydrogen-bond donors (Lipinski definition) is 0. The minimum atomic E-state index is -0.156. The second-order valence-electron chi connectivity index (χ2n) is 5.25. The highest BCUT2D eigenvalue weighted by molar-refractivity contribution is 7.97. The molecule has 0 amide bonds. The van der Waals surface area contributed by atoms with Crippen molar-refractivity contribution >= 4 is 22.5 Å². The van der Waals surface area contributed by atoms with Gasteiger partial charge in [-0.05, 0) is 67.6 Å². The van der Waals surface area contributed by atoms with E-state index in [1.54, 1.807) is 7.11 Å². The summed E-state index contributed by atoms with van der Waals surface area (Å²) in [7, 11) is 1.53. The third-order valence-corrected chi connectivity index (χ3v) is 6.08. The van der Waals surface area contributed by atoms with Crippen LogP contribution < -0.4 is 4.74 Å². The van der Waals surface area contributed by atoms with Crippen molar-refractivity contribution in [2.24, 2.45) is 0 Å². The first-order chi connectivity index (χ1) is 11.2. The summed E-state index contributed by atoms with van der Waals surface area (Å²) in [5, 5.41) is 0.760. The Morgan fingerprint density at radius 1 is 0.696 bits per heavy atom. The number of benzene rings is 3. The molecule has 3 rings (SSSR count). The summed E-state index contributed by atoms with van der Waals surface area (Å²) in [5.41, 5.74) is 1.27. The number of rotatable bonds is 4. The zero-order chi connectivity index (χ0) is 16.2. The smallest absolute Gasteiger partial charge is 0.166 e. The van der Waals surface area contributed by atoms with Gasteiger partial charge in [0, 0.05) is 5.02 Å². The predicted molar refractivity (Wildman–Crippen MR) is 97.8 cm³/mol. The van der Waals surface area contributed by atoms with Gasteiger partial charge in [-0.2, -0.15) is 0 Å². The zero-order valence-corrected chi connectivity index (χ0v) is 14.7. The summed E-state index contributed by atoms with van der Waals surface area (Å²) in [6.07, 6.45) is 0. The van der Waals surface area contributed by atoms with Crippen molar-refractivity contribution in [3.05, 3.63) is 83.4 Å². The van der Waals surface area contributed by atoms with Gasteiger partial charge >= 0.3 is 0 Å². The monoisotopic (exact) mass is 341 g/mol. The van der Waals surface area contributed by atoms with Crippen LogP contribution in [0.3, 0.4) is 0 Å². The molecule has 0 aliphatic rings. The van der Waals surface area contributed by atoms with E-state index in [1.807, 2.05) is 24.3 Å². The number of halogens is 1. The van der Waals surface area contributed by atoms with Crippen LogP contribution in [0.2, 0.25) is 5.02 Å². The number of aryl methyl sites for hydroxylation is 1. The molecule has 0 saturated carbocycles. The van der Waals surface area contributed by atoms with Gasteiger partial charge in [-0.1, -0.05) is 29.3 Å². The largest absolute Gasteiger partial charge is 0.497 e. The molecular weight excluding hydrogens is 324 g/mol. The van der Waals surface area contributed by atoms with Gasteiger partial charge in [0.1, 0.15) is 5.75 Å². The van der Waals surface area contributed by atoms with Crippen LogP contribution >= 0.6 is 11.6 Å². The molecule has 0 bridgehead atoms. The summed E-state index contributed by atoms with van der Waals surface area (Å²) in [5.74, 6) is 0.873. The Kier molecular flexibility index (Phi) is 4.94. The lowest BCUT2D eigenvalue weighted by atomic mass is 10.2. The topological polar surface area (TPSA) is 9.23 Å². The zero-order valence-electron chi connectivity index (χ0n) is 13.1. The van der Waals surface area contributed by atoms with Crippen LogP contribution in [0.1, 0.15) is 5.56 Å². The number of hydrogen-bond acceptors (Lipinski definition) is 1. The first-order valence-electron chi connectivity index (χ1n) is 7.38. The molecule has 0 N–H and O–H groups in total. The second-order valence-corrected chi connectivity index (χ2v) is 7.71. The Bertz CT molecular complexity index is 719. The van der Waals surface area contributed by atoms with Crippen molar-refractivity contribution < 1.29 is 4.74 Å². The molecule has 0 heterocycles. The maximum atomic E-state index is 6.06. The lowest BCUT2D eigenvalue weighted by Gasteiger charge is -2.09. The van der Waals surface area contributed by atoms with Gasteiger partial charge in [0.25, 0.3) is 0 Å². The molecule has 0 spiro atoms. The van der Waals surface area contributed by atoms with E-state index in [2.05, 4.69) is 55.5 Å². The average molecular weight is 342 g/mol. The molecule has 1 nitrogen and oxygen atoms in total. The fourth-order valence-corrected chi connectivity index (χ4v) is 4.53. The normalized spacial score (nSPS) is 12.0. The first-order valence-corrected chi connectivity index (χ1v) is 8.98. The van der Waals surface area contributed by atoms with Crippen molar-refractivity contribution in [1.29, 1.82) is 0 Å². The van der Waals surface area contributed by atoms with Gasteiger partial charge < -0.3 is 4.74 Å². The highest BCUT2D eigenvalue weighted by atomic mass is 35.5. The quantitative estimate of drug-likeness (QED) is 0.549. The molecule has 0 aliphatic heterocycles. The average Bonchev–Trinajstić information content (AvgIpc) is 2.59. The maximum Gasteiger partial charge on any atom is 0.166 e. The van der Waals surface area contributed by atoms with Crippen LogP contribution in [-0.4, -0.2) is 7.11 Å². The molecule has 1 unspecified atom stereocenters. The van der Waals surface area contributed by atoms with E-state index < -0.39 is 0 Å². The SMILES string of the molecule is COc1ccc([S+](c2ccc(C)cc2)c2ccc(Cl)cc2)cc1. The Balaban J connectivity index is 2.08. The molecule has 0 aliphatic carbocycles. The fourth-order valence-electron chi connectivity index (χ4n) is 2.37. The molecule has 3 heteroatoms. The van der Waals surface area contributed by atoms with Crippen LogP contribution in [-0.2, 0) is 10.9 Å². The summed E-state index contributed by atoms with van der Waals surface area (Å²) >= 11 is 6.06. The van der Waals surface area contributed by atoms with Crippen molar-refractivity contribution in [2.45, 2.75) is 21.6 Å². The van der Waals surface area contributed by atoms with Crippen LogP contribution in [0.5, 0.6) is 5.75 Å².